The summed E-state index contributed by atoms with van der Waals surface area (Å²) in [6.45, 7) is 6.27. The van der Waals surface area contributed by atoms with Crippen molar-refractivity contribution < 1.29 is 0 Å². The fourth-order valence-electron chi connectivity index (χ4n) is 4.39. The molecule has 1 heterocycles. The lowest BCUT2D eigenvalue weighted by Gasteiger charge is -2.22. The highest BCUT2D eigenvalue weighted by molar-refractivity contribution is 5.84. The molecule has 4 nitrogen and oxygen atoms in total. The van der Waals surface area contributed by atoms with Gasteiger partial charge in [0, 0.05) is 11.5 Å². The van der Waals surface area contributed by atoms with Crippen LogP contribution in [0.3, 0.4) is 0 Å². The minimum atomic E-state index is -0.0789. The Balaban J connectivity index is 1.87. The molecule has 0 aliphatic heterocycles. The molecule has 0 atom stereocenters. The molecule has 0 spiro atoms. The van der Waals surface area contributed by atoms with Gasteiger partial charge in [0.15, 0.2) is 0 Å². The second-order valence-electron chi connectivity index (χ2n) is 8.00. The van der Waals surface area contributed by atoms with Gasteiger partial charge in [-0.15, -0.1) is 0 Å². The van der Waals surface area contributed by atoms with E-state index in [9.17, 15) is 4.79 Å². The number of hydrogen-bond donors (Lipinski definition) is 0. The van der Waals surface area contributed by atoms with Crippen molar-refractivity contribution in [2.75, 3.05) is 0 Å². The van der Waals surface area contributed by atoms with Gasteiger partial charge >= 0.3 is 0 Å². The molecule has 0 N–H and O–H groups in total. The van der Waals surface area contributed by atoms with E-state index in [0.29, 0.717) is 11.3 Å². The molecule has 2 aromatic carbocycles. The minimum absolute atomic E-state index is 0.0789. The van der Waals surface area contributed by atoms with Gasteiger partial charge < -0.3 is 0 Å². The maximum atomic E-state index is 13.2. The Hall–Kier alpha value is -2.75. The fourth-order valence-corrected chi connectivity index (χ4v) is 4.39. The Kier molecular flexibility index (Phi) is 5.12. The van der Waals surface area contributed by atoms with E-state index in [4.69, 9.17) is 4.98 Å². The number of rotatable bonds is 3. The van der Waals surface area contributed by atoms with Crippen LogP contribution in [0.2, 0.25) is 0 Å². The molecule has 144 valence electrons. The van der Waals surface area contributed by atoms with Crippen molar-refractivity contribution in [1.29, 1.82) is 0 Å². The number of hydrogen-bond acceptors (Lipinski definition) is 3. The maximum Gasteiger partial charge on any atom is 0.282 e. The van der Waals surface area contributed by atoms with Crippen molar-refractivity contribution in [3.05, 3.63) is 74.8 Å². The first-order chi connectivity index (χ1) is 13.5. The van der Waals surface area contributed by atoms with Gasteiger partial charge in [0.1, 0.15) is 5.82 Å². The SMILES string of the molecule is Cc1cc(C)c(C=Nn2c(C3CCCCC3)nc3ccccc3c2=O)c(C)c1. The highest BCUT2D eigenvalue weighted by atomic mass is 16.1. The van der Waals surface area contributed by atoms with Crippen molar-refractivity contribution in [3.8, 4) is 0 Å². The smallest absolute Gasteiger partial charge is 0.267 e. The molecule has 0 unspecified atom stereocenters. The average Bonchev–Trinajstić information content (AvgIpc) is 2.69. The number of para-hydroxylation sites is 1. The Morgan fingerprint density at radius 2 is 1.71 bits per heavy atom. The second kappa shape index (κ2) is 7.70. The first-order valence-electron chi connectivity index (χ1n) is 10.2. The van der Waals surface area contributed by atoms with Crippen molar-refractivity contribution >= 4 is 17.1 Å². The number of aryl methyl sites for hydroxylation is 3. The van der Waals surface area contributed by atoms with Crippen LogP contribution in [0.4, 0.5) is 0 Å². The first kappa shape index (κ1) is 18.6. The van der Waals surface area contributed by atoms with Gasteiger partial charge in [-0.1, -0.05) is 49.1 Å². The molecule has 1 aliphatic rings. The highest BCUT2D eigenvalue weighted by Gasteiger charge is 2.22. The van der Waals surface area contributed by atoms with Gasteiger partial charge in [0.25, 0.3) is 5.56 Å². The van der Waals surface area contributed by atoms with Crippen LogP contribution in [0.5, 0.6) is 0 Å². The van der Waals surface area contributed by atoms with Crippen LogP contribution in [0.25, 0.3) is 10.9 Å². The third-order valence-corrected chi connectivity index (χ3v) is 5.79. The normalized spacial score (nSPS) is 15.5. The standard InChI is InChI=1S/C24H27N3O/c1-16-13-17(2)21(18(3)14-16)15-25-27-23(19-9-5-4-6-10-19)26-22-12-8-7-11-20(22)24(27)28/h7-8,11-15,19H,4-6,9-10H2,1-3H3. The quantitative estimate of drug-likeness (QED) is 0.589. The van der Waals surface area contributed by atoms with Gasteiger partial charge in [-0.25, -0.2) is 4.98 Å². The average molecular weight is 374 g/mol. The van der Waals surface area contributed by atoms with Crippen molar-refractivity contribution in [2.24, 2.45) is 5.10 Å². The Morgan fingerprint density at radius 1 is 1.04 bits per heavy atom. The molecule has 0 amide bonds. The summed E-state index contributed by atoms with van der Waals surface area (Å²) in [5.74, 6) is 1.10. The minimum Gasteiger partial charge on any atom is -0.267 e. The van der Waals surface area contributed by atoms with Crippen molar-refractivity contribution in [1.82, 2.24) is 9.66 Å². The van der Waals surface area contributed by atoms with Gasteiger partial charge in [-0.05, 0) is 56.9 Å². The summed E-state index contributed by atoms with van der Waals surface area (Å²) in [5, 5.41) is 5.29. The molecule has 0 bridgehead atoms. The predicted molar refractivity (Wildman–Crippen MR) is 115 cm³/mol. The summed E-state index contributed by atoms with van der Waals surface area (Å²) >= 11 is 0. The van der Waals surface area contributed by atoms with Crippen molar-refractivity contribution in [2.45, 2.75) is 58.8 Å². The molecule has 0 radical (unpaired) electrons. The third-order valence-electron chi connectivity index (χ3n) is 5.79. The molecule has 1 fully saturated rings. The molecule has 0 saturated heterocycles. The second-order valence-corrected chi connectivity index (χ2v) is 8.00. The van der Waals surface area contributed by atoms with Crippen LogP contribution >= 0.6 is 0 Å². The zero-order valence-corrected chi connectivity index (χ0v) is 16.9. The summed E-state index contributed by atoms with van der Waals surface area (Å²) in [5.41, 5.74) is 5.33. The van der Waals surface area contributed by atoms with E-state index >= 15 is 0 Å². The first-order valence-corrected chi connectivity index (χ1v) is 10.2. The molecule has 1 aromatic heterocycles. The van der Waals surface area contributed by atoms with E-state index in [2.05, 4.69) is 38.0 Å². The van der Waals surface area contributed by atoms with Crippen molar-refractivity contribution in [3.63, 3.8) is 0 Å². The van der Waals surface area contributed by atoms with Crippen LogP contribution in [0.1, 0.15) is 66.1 Å². The number of fused-ring (bicyclic) bond motifs is 1. The zero-order valence-electron chi connectivity index (χ0n) is 16.9. The molecular formula is C24H27N3O. The number of benzene rings is 2. The number of aromatic nitrogens is 2. The van der Waals surface area contributed by atoms with Gasteiger partial charge in [-0.2, -0.15) is 9.78 Å². The molecule has 3 aromatic rings. The molecule has 4 heteroatoms. The van der Waals surface area contributed by atoms with Crippen LogP contribution < -0.4 is 5.56 Å². The van der Waals surface area contributed by atoms with Crippen LogP contribution in [0, 0.1) is 20.8 Å². The lowest BCUT2D eigenvalue weighted by atomic mass is 9.88. The zero-order chi connectivity index (χ0) is 19.7. The highest BCUT2D eigenvalue weighted by Crippen LogP contribution is 2.31. The molecule has 28 heavy (non-hydrogen) atoms. The fraction of sp³-hybridized carbons (Fsp3) is 0.375. The summed E-state index contributed by atoms with van der Waals surface area (Å²) in [6, 6.07) is 11.9. The lowest BCUT2D eigenvalue weighted by molar-refractivity contribution is 0.416. The van der Waals surface area contributed by atoms with Crippen LogP contribution in [0.15, 0.2) is 46.3 Å². The van der Waals surface area contributed by atoms with Gasteiger partial charge in [0.2, 0.25) is 0 Å². The van der Waals surface area contributed by atoms with Crippen LogP contribution in [-0.2, 0) is 0 Å². The van der Waals surface area contributed by atoms with E-state index in [0.717, 1.165) is 29.7 Å². The molecular weight excluding hydrogens is 346 g/mol. The topological polar surface area (TPSA) is 47.2 Å². The largest absolute Gasteiger partial charge is 0.282 e. The summed E-state index contributed by atoms with van der Waals surface area (Å²) in [6.07, 6.45) is 7.61. The Morgan fingerprint density at radius 3 is 2.43 bits per heavy atom. The van der Waals surface area contributed by atoms with E-state index in [-0.39, 0.29) is 5.56 Å². The number of nitrogens with zero attached hydrogens (tertiary/aromatic N) is 3. The van der Waals surface area contributed by atoms with E-state index in [1.807, 2.05) is 30.5 Å². The Bertz CT molecular complexity index is 1080. The summed E-state index contributed by atoms with van der Waals surface area (Å²) in [4.78, 5) is 18.1. The third kappa shape index (κ3) is 3.51. The lowest BCUT2D eigenvalue weighted by Crippen LogP contribution is -2.25. The van der Waals surface area contributed by atoms with E-state index in [1.54, 1.807) is 4.68 Å². The molecule has 4 rings (SSSR count). The predicted octanol–water partition coefficient (Wildman–Crippen LogP) is 5.25. The summed E-state index contributed by atoms with van der Waals surface area (Å²) in [7, 11) is 0. The monoisotopic (exact) mass is 373 g/mol. The van der Waals surface area contributed by atoms with Gasteiger partial charge in [-0.3, -0.25) is 4.79 Å². The summed E-state index contributed by atoms with van der Waals surface area (Å²) < 4.78 is 1.55. The van der Waals surface area contributed by atoms with E-state index in [1.165, 1.54) is 36.0 Å². The molecule has 1 aliphatic carbocycles. The molecule has 1 saturated carbocycles. The Labute approximate surface area is 165 Å². The van der Waals surface area contributed by atoms with Crippen LogP contribution in [-0.4, -0.2) is 15.9 Å². The van der Waals surface area contributed by atoms with Gasteiger partial charge in [0.05, 0.1) is 17.1 Å². The maximum absolute atomic E-state index is 13.2. The van der Waals surface area contributed by atoms with E-state index < -0.39 is 0 Å².